The number of carbonyl (C=O) groups excluding carboxylic acids is 2. The minimum atomic E-state index is -0.397. The SMILES string of the molecule is CCCc1c(C(=O)N2CCOC(C)C2)[nH]c(C)c1C(=O)OC. The highest BCUT2D eigenvalue weighted by Crippen LogP contribution is 2.23. The van der Waals surface area contributed by atoms with Crippen molar-refractivity contribution in [2.45, 2.75) is 39.7 Å². The molecular formula is C16H24N2O4. The average Bonchev–Trinajstić information content (AvgIpc) is 2.83. The van der Waals surface area contributed by atoms with Crippen LogP contribution in [0.5, 0.6) is 0 Å². The van der Waals surface area contributed by atoms with Crippen LogP contribution in [-0.4, -0.2) is 54.7 Å². The molecule has 1 aromatic rings. The number of nitrogens with one attached hydrogen (secondary N) is 1. The minimum absolute atomic E-state index is 0.0310. The summed E-state index contributed by atoms with van der Waals surface area (Å²) in [5, 5.41) is 0. The van der Waals surface area contributed by atoms with Gasteiger partial charge in [0, 0.05) is 18.8 Å². The molecule has 6 heteroatoms. The van der Waals surface area contributed by atoms with Gasteiger partial charge in [0.2, 0.25) is 0 Å². The van der Waals surface area contributed by atoms with E-state index in [4.69, 9.17) is 9.47 Å². The lowest BCUT2D eigenvalue weighted by atomic mass is 10.0. The van der Waals surface area contributed by atoms with Crippen LogP contribution < -0.4 is 0 Å². The van der Waals surface area contributed by atoms with Crippen LogP contribution in [0.25, 0.3) is 0 Å². The second kappa shape index (κ2) is 6.96. The quantitative estimate of drug-likeness (QED) is 0.863. The number of hydrogen-bond acceptors (Lipinski definition) is 4. The van der Waals surface area contributed by atoms with Crippen molar-refractivity contribution in [1.82, 2.24) is 9.88 Å². The van der Waals surface area contributed by atoms with E-state index >= 15 is 0 Å². The topological polar surface area (TPSA) is 71.6 Å². The first kappa shape index (κ1) is 16.5. The first-order valence-electron chi connectivity index (χ1n) is 7.70. The molecule has 0 aromatic carbocycles. The number of hydrogen-bond donors (Lipinski definition) is 1. The number of esters is 1. The second-order valence-electron chi connectivity index (χ2n) is 5.65. The van der Waals surface area contributed by atoms with E-state index in [-0.39, 0.29) is 12.0 Å². The van der Waals surface area contributed by atoms with Crippen molar-refractivity contribution in [1.29, 1.82) is 0 Å². The third-order valence-electron chi connectivity index (χ3n) is 3.92. The van der Waals surface area contributed by atoms with Gasteiger partial charge in [-0.2, -0.15) is 0 Å². The summed E-state index contributed by atoms with van der Waals surface area (Å²) in [5.74, 6) is -0.469. The predicted octanol–water partition coefficient (Wildman–Crippen LogP) is 1.92. The molecule has 1 aliphatic heterocycles. The van der Waals surface area contributed by atoms with E-state index < -0.39 is 5.97 Å². The first-order valence-corrected chi connectivity index (χ1v) is 7.70. The van der Waals surface area contributed by atoms with Gasteiger partial charge in [0.1, 0.15) is 5.69 Å². The van der Waals surface area contributed by atoms with Crippen LogP contribution in [0.1, 0.15) is 52.4 Å². The maximum atomic E-state index is 12.8. The normalized spacial score (nSPS) is 18.4. The number of aromatic nitrogens is 1. The maximum absolute atomic E-state index is 12.8. The highest BCUT2D eigenvalue weighted by Gasteiger charge is 2.29. The molecule has 2 heterocycles. The number of amides is 1. The number of aromatic amines is 1. The van der Waals surface area contributed by atoms with Gasteiger partial charge in [0.15, 0.2) is 0 Å². The molecule has 0 spiro atoms. The van der Waals surface area contributed by atoms with Crippen molar-refractivity contribution < 1.29 is 19.1 Å². The van der Waals surface area contributed by atoms with Crippen LogP contribution in [0.4, 0.5) is 0 Å². The summed E-state index contributed by atoms with van der Waals surface area (Å²) in [6.07, 6.45) is 1.54. The van der Waals surface area contributed by atoms with E-state index in [9.17, 15) is 9.59 Å². The number of rotatable bonds is 4. The van der Waals surface area contributed by atoms with E-state index in [0.717, 1.165) is 12.0 Å². The van der Waals surface area contributed by atoms with Gasteiger partial charge in [0.05, 0.1) is 25.4 Å². The lowest BCUT2D eigenvalue weighted by molar-refractivity contribution is -0.0126. The molecule has 1 atom stereocenters. The molecule has 0 aliphatic carbocycles. The highest BCUT2D eigenvalue weighted by atomic mass is 16.5. The number of H-pyrrole nitrogens is 1. The number of nitrogens with zero attached hydrogens (tertiary/aromatic N) is 1. The Balaban J connectivity index is 2.37. The molecule has 2 rings (SSSR count). The molecular weight excluding hydrogens is 284 g/mol. The molecule has 6 nitrogen and oxygen atoms in total. The molecule has 1 amide bonds. The highest BCUT2D eigenvalue weighted by molar-refractivity contribution is 6.00. The molecule has 1 fully saturated rings. The summed E-state index contributed by atoms with van der Waals surface area (Å²) < 4.78 is 10.3. The summed E-state index contributed by atoms with van der Waals surface area (Å²) in [4.78, 5) is 29.7. The summed E-state index contributed by atoms with van der Waals surface area (Å²) in [6.45, 7) is 7.45. The van der Waals surface area contributed by atoms with Crippen LogP contribution in [0.3, 0.4) is 0 Å². The van der Waals surface area contributed by atoms with Gasteiger partial charge in [-0.15, -0.1) is 0 Å². The Bertz CT molecular complexity index is 565. The van der Waals surface area contributed by atoms with Crippen molar-refractivity contribution >= 4 is 11.9 Å². The zero-order chi connectivity index (χ0) is 16.3. The number of aryl methyl sites for hydroxylation is 1. The van der Waals surface area contributed by atoms with Gasteiger partial charge in [-0.3, -0.25) is 4.79 Å². The number of morpholine rings is 1. The first-order chi connectivity index (χ1) is 10.5. The van der Waals surface area contributed by atoms with E-state index in [1.807, 2.05) is 13.8 Å². The average molecular weight is 308 g/mol. The Morgan fingerprint density at radius 2 is 2.18 bits per heavy atom. The number of carbonyl (C=O) groups is 2. The molecule has 1 saturated heterocycles. The zero-order valence-electron chi connectivity index (χ0n) is 13.7. The van der Waals surface area contributed by atoms with Crippen molar-refractivity contribution in [2.75, 3.05) is 26.8 Å². The third-order valence-corrected chi connectivity index (χ3v) is 3.92. The van der Waals surface area contributed by atoms with Crippen molar-refractivity contribution in [3.63, 3.8) is 0 Å². The zero-order valence-corrected chi connectivity index (χ0v) is 13.7. The van der Waals surface area contributed by atoms with Gasteiger partial charge in [-0.1, -0.05) is 13.3 Å². The summed E-state index contributed by atoms with van der Waals surface area (Å²) >= 11 is 0. The second-order valence-corrected chi connectivity index (χ2v) is 5.65. The fraction of sp³-hybridized carbons (Fsp3) is 0.625. The van der Waals surface area contributed by atoms with Crippen molar-refractivity contribution in [3.8, 4) is 0 Å². The van der Waals surface area contributed by atoms with Gasteiger partial charge in [-0.25, -0.2) is 4.79 Å². The van der Waals surface area contributed by atoms with Crippen molar-refractivity contribution in [3.05, 3.63) is 22.5 Å². The molecule has 1 unspecified atom stereocenters. The summed E-state index contributed by atoms with van der Waals surface area (Å²) in [5.41, 5.74) is 2.44. The van der Waals surface area contributed by atoms with Crippen LogP contribution in [0.2, 0.25) is 0 Å². The van der Waals surface area contributed by atoms with Crippen LogP contribution in [-0.2, 0) is 15.9 Å². The maximum Gasteiger partial charge on any atom is 0.339 e. The third kappa shape index (κ3) is 3.16. The minimum Gasteiger partial charge on any atom is -0.465 e. The molecule has 0 bridgehead atoms. The Morgan fingerprint density at radius 3 is 2.77 bits per heavy atom. The smallest absolute Gasteiger partial charge is 0.339 e. The van der Waals surface area contributed by atoms with Gasteiger partial charge in [-0.05, 0) is 25.8 Å². The molecule has 1 aliphatic rings. The monoisotopic (exact) mass is 308 g/mol. The van der Waals surface area contributed by atoms with Crippen LogP contribution >= 0.6 is 0 Å². The fourth-order valence-corrected chi connectivity index (χ4v) is 2.90. The van der Waals surface area contributed by atoms with Crippen molar-refractivity contribution in [2.24, 2.45) is 0 Å². The van der Waals surface area contributed by atoms with E-state index in [2.05, 4.69) is 4.98 Å². The fourth-order valence-electron chi connectivity index (χ4n) is 2.90. The van der Waals surface area contributed by atoms with E-state index in [0.29, 0.717) is 43.1 Å². The van der Waals surface area contributed by atoms with Gasteiger partial charge >= 0.3 is 5.97 Å². The number of methoxy groups -OCH3 is 1. The Hall–Kier alpha value is -1.82. The van der Waals surface area contributed by atoms with Gasteiger partial charge in [0.25, 0.3) is 5.91 Å². The Morgan fingerprint density at radius 1 is 1.45 bits per heavy atom. The molecule has 0 saturated carbocycles. The molecule has 1 N–H and O–H groups in total. The largest absolute Gasteiger partial charge is 0.465 e. The Labute approximate surface area is 130 Å². The van der Waals surface area contributed by atoms with E-state index in [1.165, 1.54) is 7.11 Å². The molecule has 22 heavy (non-hydrogen) atoms. The van der Waals surface area contributed by atoms with Crippen LogP contribution in [0.15, 0.2) is 0 Å². The summed E-state index contributed by atoms with van der Waals surface area (Å²) in [6, 6.07) is 0. The lowest BCUT2D eigenvalue weighted by Crippen LogP contribution is -2.44. The Kier molecular flexibility index (Phi) is 5.24. The predicted molar refractivity (Wildman–Crippen MR) is 82.2 cm³/mol. The molecule has 1 aromatic heterocycles. The van der Waals surface area contributed by atoms with Crippen LogP contribution in [0, 0.1) is 6.92 Å². The number of ether oxygens (including phenoxy) is 2. The standard InChI is InChI=1S/C16H24N2O4/c1-5-6-12-13(16(20)21-4)11(3)17-14(12)15(19)18-7-8-22-10(2)9-18/h10,17H,5-9H2,1-4H3. The molecule has 0 radical (unpaired) electrons. The van der Waals surface area contributed by atoms with Gasteiger partial charge < -0.3 is 19.4 Å². The lowest BCUT2D eigenvalue weighted by Gasteiger charge is -2.31. The van der Waals surface area contributed by atoms with E-state index in [1.54, 1.807) is 11.8 Å². The molecule has 122 valence electrons. The summed E-state index contributed by atoms with van der Waals surface area (Å²) in [7, 11) is 1.36.